The summed E-state index contributed by atoms with van der Waals surface area (Å²) in [5.74, 6) is -12.6. The molecule has 2 aromatic heterocycles. The van der Waals surface area contributed by atoms with Gasteiger partial charge in [-0.05, 0) is 56.4 Å². The van der Waals surface area contributed by atoms with E-state index in [4.69, 9.17) is 40.9 Å². The molecule has 0 saturated heterocycles. The Morgan fingerprint density at radius 3 is 1.16 bits per heavy atom. The van der Waals surface area contributed by atoms with Gasteiger partial charge in [-0.2, -0.15) is 26.3 Å². The van der Waals surface area contributed by atoms with Crippen LogP contribution in [0, 0.1) is 34.9 Å². The van der Waals surface area contributed by atoms with Crippen LogP contribution in [0.2, 0.25) is 0 Å². The maximum Gasteiger partial charge on any atom is 0.521 e. The third kappa shape index (κ3) is 19.6. The average molecular weight is 1280 g/mol. The lowest BCUT2D eigenvalue weighted by molar-refractivity contribution is -0.245. The van der Waals surface area contributed by atoms with Crippen molar-refractivity contribution < 1.29 is 113 Å². The molecule has 4 aromatic carbocycles. The first-order chi connectivity index (χ1) is 40.4. The Hall–Kier alpha value is -7.92. The number of halogens is 12. The minimum absolute atomic E-state index is 0. The quantitative estimate of drug-likeness (QED) is 0.0211. The maximum atomic E-state index is 14.4. The maximum absolute atomic E-state index is 14.4. The lowest BCUT2D eigenvalue weighted by atomic mass is 9.98. The Kier molecular flexibility index (Phi) is 24.8. The Bertz CT molecular complexity index is 3150. The smallest absolute Gasteiger partial charge is 0.521 e. The minimum Gasteiger partial charge on any atom is -0.565 e. The summed E-state index contributed by atoms with van der Waals surface area (Å²) in [5.41, 5.74) is 11.5. The number of hydrogen-bond donors (Lipinski definition) is 6. The van der Waals surface area contributed by atoms with E-state index in [9.17, 15) is 71.9 Å². The number of alkyl halides is 6. The van der Waals surface area contributed by atoms with E-state index >= 15 is 0 Å². The molecule has 2 aliphatic heterocycles. The summed E-state index contributed by atoms with van der Waals surface area (Å²) in [4.78, 5) is 71.2. The molecule has 468 valence electrons. The third-order valence-corrected chi connectivity index (χ3v) is 12.7. The molecule has 4 amide bonds. The van der Waals surface area contributed by atoms with E-state index in [1.54, 1.807) is 60.7 Å². The molecule has 4 heterocycles. The summed E-state index contributed by atoms with van der Waals surface area (Å²) in [6, 6.07) is 14.3. The number of fused-ring (bicyclic) bond motifs is 2. The molecule has 2 aliphatic rings. The number of carbonyl (C=O) groups is 4. The first-order valence-electron chi connectivity index (χ1n) is 24.4. The van der Waals surface area contributed by atoms with Gasteiger partial charge in [-0.1, -0.05) is 60.7 Å². The second kappa shape index (κ2) is 30.9. The highest BCUT2D eigenvalue weighted by molar-refractivity contribution is 7.30. The zero-order valence-electron chi connectivity index (χ0n) is 43.6. The molecule has 0 radical (unpaired) electrons. The lowest BCUT2D eigenvalue weighted by Gasteiger charge is -2.31. The van der Waals surface area contributed by atoms with Crippen molar-refractivity contribution in [2.75, 3.05) is 13.1 Å². The highest BCUT2D eigenvalue weighted by Gasteiger charge is 2.42. The van der Waals surface area contributed by atoms with Crippen LogP contribution >= 0.6 is 16.5 Å². The van der Waals surface area contributed by atoms with Gasteiger partial charge in [0.2, 0.25) is 35.3 Å². The molecular formula is C48H50F12N12O12P2. The van der Waals surface area contributed by atoms with Gasteiger partial charge in [0.1, 0.15) is 23.7 Å². The number of carbonyl (C=O) groups excluding carboxylic acids is 4. The molecule has 0 saturated carbocycles. The number of hydrogen-bond acceptors (Lipinski definition) is 18. The molecular weight excluding hydrogens is 1230 g/mol. The third-order valence-electron chi connectivity index (χ3n) is 12.4. The molecule has 86 heavy (non-hydrogen) atoms. The predicted molar refractivity (Wildman–Crippen MR) is 268 cm³/mol. The standard InChI is InChI=1S/2C24H22F6N6O2.2HO4P.2H2/c2*25-16-11-18(27)17(26)9-14(16)8-15(32-21(22(31)38)13-4-2-1-3-5-13)10-20(37)35-6-7-36-19(12-35)33-34-23(36)24(28,29)30;2*1-4-5(2)3;;/h2*1-5,9,11,15,21,32H,6-8,10,12H2,(H2,31,38);2*1H;2*1H/t15-,21+;15-,21-;;;;/m11..../s1. The van der Waals surface area contributed by atoms with Crippen molar-refractivity contribution in [1.29, 1.82) is 0 Å². The molecule has 0 fully saturated rings. The van der Waals surface area contributed by atoms with E-state index in [1.165, 1.54) is 9.80 Å². The molecule has 6 aromatic rings. The van der Waals surface area contributed by atoms with Crippen molar-refractivity contribution in [1.82, 2.24) is 50.0 Å². The average Bonchev–Trinajstić information content (AvgIpc) is 3.71. The molecule has 0 spiro atoms. The second-order valence-electron chi connectivity index (χ2n) is 18.2. The van der Waals surface area contributed by atoms with E-state index in [0.717, 1.165) is 9.13 Å². The largest absolute Gasteiger partial charge is 0.565 e. The van der Waals surface area contributed by atoms with E-state index in [1.807, 2.05) is 0 Å². The fraction of sp³-hybridized carbons (Fsp3) is 0.333. The van der Waals surface area contributed by atoms with Crippen LogP contribution in [0.5, 0.6) is 0 Å². The van der Waals surface area contributed by atoms with E-state index in [2.05, 4.69) is 40.4 Å². The Morgan fingerprint density at radius 2 is 0.872 bits per heavy atom. The van der Waals surface area contributed by atoms with E-state index in [-0.39, 0.29) is 90.6 Å². The molecule has 2 unspecified atom stereocenters. The van der Waals surface area contributed by atoms with Gasteiger partial charge in [0.15, 0.2) is 34.9 Å². The zero-order valence-corrected chi connectivity index (χ0v) is 45.4. The van der Waals surface area contributed by atoms with Crippen LogP contribution in [-0.4, -0.2) is 98.6 Å². The second-order valence-corrected chi connectivity index (χ2v) is 19.4. The first kappa shape index (κ1) is 68.9. The summed E-state index contributed by atoms with van der Waals surface area (Å²) in [5, 5.41) is 33.3. The summed E-state index contributed by atoms with van der Waals surface area (Å²) in [6.45, 7) is -1.09. The summed E-state index contributed by atoms with van der Waals surface area (Å²) in [7, 11) is -6.09. The van der Waals surface area contributed by atoms with Crippen molar-refractivity contribution >= 4 is 40.1 Å². The number of nitrogens with one attached hydrogen (secondary N) is 2. The molecule has 24 nitrogen and oxygen atoms in total. The number of amides is 4. The van der Waals surface area contributed by atoms with Gasteiger partial charge >= 0.3 is 28.9 Å². The number of nitrogens with zero attached hydrogens (tertiary/aromatic N) is 8. The van der Waals surface area contributed by atoms with Crippen LogP contribution in [0.4, 0.5) is 52.7 Å². The van der Waals surface area contributed by atoms with Gasteiger partial charge < -0.3 is 40.2 Å². The molecule has 38 heteroatoms. The summed E-state index contributed by atoms with van der Waals surface area (Å²) < 4.78 is 187. The Morgan fingerprint density at radius 1 is 0.558 bits per heavy atom. The summed E-state index contributed by atoms with van der Waals surface area (Å²) in [6.07, 6.45) is -10.8. The summed E-state index contributed by atoms with van der Waals surface area (Å²) >= 11 is 0. The van der Waals surface area contributed by atoms with Crippen LogP contribution in [-0.2, 0) is 89.0 Å². The minimum atomic E-state index is -4.71. The van der Waals surface area contributed by atoms with Gasteiger partial charge in [0, 0.05) is 75.4 Å². The van der Waals surface area contributed by atoms with Crippen LogP contribution in [0.15, 0.2) is 84.9 Å². The van der Waals surface area contributed by atoms with Crippen LogP contribution < -0.4 is 31.9 Å². The van der Waals surface area contributed by atoms with Gasteiger partial charge in [-0.3, -0.25) is 29.8 Å². The van der Waals surface area contributed by atoms with Crippen molar-refractivity contribution in [2.45, 2.75) is 88.4 Å². The normalized spacial score (nSPS) is 14.7. The van der Waals surface area contributed by atoms with Crippen LogP contribution in [0.1, 0.15) is 73.3 Å². The van der Waals surface area contributed by atoms with Crippen molar-refractivity contribution in [3.05, 3.63) is 165 Å². The van der Waals surface area contributed by atoms with Gasteiger partial charge in [0.25, 0.3) is 0 Å². The molecule has 8 N–H and O–H groups in total. The van der Waals surface area contributed by atoms with Gasteiger partial charge in [-0.25, -0.2) is 36.9 Å². The number of rotatable bonds is 18. The first-order valence-corrected chi connectivity index (χ1v) is 26.5. The Labute approximate surface area is 481 Å². The van der Waals surface area contributed by atoms with Gasteiger partial charge in [0.05, 0.1) is 13.1 Å². The van der Waals surface area contributed by atoms with Crippen LogP contribution in [0.25, 0.3) is 0 Å². The number of benzene rings is 4. The highest BCUT2D eigenvalue weighted by atomic mass is 31.1. The molecule has 8 rings (SSSR count). The topological polar surface area (TPSA) is 351 Å². The fourth-order valence-electron chi connectivity index (χ4n) is 8.64. The van der Waals surface area contributed by atoms with E-state index < -0.39 is 123 Å². The molecule has 0 aliphatic carbocycles. The van der Waals surface area contributed by atoms with Gasteiger partial charge in [-0.15, -0.1) is 20.4 Å². The van der Waals surface area contributed by atoms with Crippen molar-refractivity contribution in [3.8, 4) is 0 Å². The Balaban J connectivity index is 0.000000391. The predicted octanol–water partition coefficient (Wildman–Crippen LogP) is 5.23. The monoisotopic (exact) mass is 1280 g/mol. The number of nitrogens with two attached hydrogens (primary N) is 2. The number of aromatic nitrogens is 6. The fourth-order valence-corrected chi connectivity index (χ4v) is 8.64. The molecule has 0 bridgehead atoms. The SMILES string of the molecule is NC(=O)[C@@H](N[C@@H](CC(=O)N1CCn2c(nnc2C(F)(F)F)C1)Cc1cc(F)c(F)cc1F)c1ccccc1.NC(=O)[C@H](N[C@@H](CC(=O)N1CCn2c(nnc2C(F)(F)F)C1)Cc1cc(F)c(F)cc1F)c1ccccc1.O=[P+]([O-])OO.O=[P+]([O-])OO.[HH].[HH]. The van der Waals surface area contributed by atoms with Crippen LogP contribution in [0.3, 0.4) is 0 Å². The highest BCUT2D eigenvalue weighted by Crippen LogP contribution is 2.32. The van der Waals surface area contributed by atoms with Crippen molar-refractivity contribution in [2.24, 2.45) is 11.5 Å². The zero-order chi connectivity index (χ0) is 63.8. The lowest BCUT2D eigenvalue weighted by Crippen LogP contribution is -2.46. The molecule has 6 atom stereocenters. The van der Waals surface area contributed by atoms with Crippen molar-refractivity contribution in [3.63, 3.8) is 0 Å². The van der Waals surface area contributed by atoms with E-state index in [0.29, 0.717) is 35.4 Å². The number of primary amides is 2.